The number of nitrogen functional groups attached to an aromatic ring is 1. The number of halogens is 1. The Bertz CT molecular complexity index is 690. The summed E-state index contributed by atoms with van der Waals surface area (Å²) in [4.78, 5) is 4.24. The van der Waals surface area contributed by atoms with Gasteiger partial charge in [-0.05, 0) is 17.7 Å². The molecule has 0 radical (unpaired) electrons. The molecule has 0 fully saturated rings. The molecule has 0 bridgehead atoms. The number of nitrogens with zero attached hydrogens (tertiary/aromatic N) is 3. The first kappa shape index (κ1) is 12.4. The first-order valence-electron chi connectivity index (χ1n) is 5.69. The molecule has 19 heavy (non-hydrogen) atoms. The molecule has 2 heterocycles. The molecule has 96 valence electrons. The molecule has 0 amide bonds. The second-order valence-electron chi connectivity index (χ2n) is 4.10. The molecule has 0 unspecified atom stereocenters. The van der Waals surface area contributed by atoms with Crippen molar-refractivity contribution < 1.29 is 0 Å². The molecular weight excluding hydrogens is 324 g/mol. The normalized spacial score (nSPS) is 10.8. The summed E-state index contributed by atoms with van der Waals surface area (Å²) in [6.07, 6.45) is 3.60. The third-order valence-electron chi connectivity index (χ3n) is 2.66. The predicted octanol–water partition coefficient (Wildman–Crippen LogP) is 3.40. The summed E-state index contributed by atoms with van der Waals surface area (Å²) in [7, 11) is 0. The summed E-state index contributed by atoms with van der Waals surface area (Å²) in [6.45, 7) is 0.689. The van der Waals surface area contributed by atoms with Crippen LogP contribution in [0.25, 0.3) is 10.7 Å². The second kappa shape index (κ2) is 5.14. The number of benzene rings is 1. The third-order valence-corrected chi connectivity index (χ3v) is 3.93. The third kappa shape index (κ3) is 2.69. The van der Waals surface area contributed by atoms with Gasteiger partial charge in [-0.2, -0.15) is 5.10 Å². The fraction of sp³-hybridized carbons (Fsp3) is 0.0769. The van der Waals surface area contributed by atoms with Gasteiger partial charge in [0.05, 0.1) is 12.2 Å². The van der Waals surface area contributed by atoms with Gasteiger partial charge in [-0.3, -0.25) is 4.68 Å². The molecule has 0 saturated carbocycles. The Morgan fingerprint density at radius 3 is 3.00 bits per heavy atom. The molecule has 0 saturated heterocycles. The molecule has 0 aliphatic heterocycles. The van der Waals surface area contributed by atoms with Gasteiger partial charge in [-0.15, -0.1) is 11.3 Å². The van der Waals surface area contributed by atoms with Crippen LogP contribution >= 0.6 is 27.3 Å². The van der Waals surface area contributed by atoms with E-state index in [1.54, 1.807) is 6.20 Å². The molecule has 2 N–H and O–H groups in total. The lowest BCUT2D eigenvalue weighted by atomic mass is 10.2. The second-order valence-corrected chi connectivity index (χ2v) is 5.91. The molecule has 0 spiro atoms. The van der Waals surface area contributed by atoms with E-state index in [1.807, 2.05) is 28.4 Å². The highest BCUT2D eigenvalue weighted by atomic mass is 79.9. The zero-order chi connectivity index (χ0) is 13.2. The summed E-state index contributed by atoms with van der Waals surface area (Å²) >= 11 is 5.00. The number of rotatable bonds is 3. The molecular formula is C13H11BrN4S. The van der Waals surface area contributed by atoms with Crippen LogP contribution in [0.1, 0.15) is 5.56 Å². The van der Waals surface area contributed by atoms with Gasteiger partial charge >= 0.3 is 0 Å². The van der Waals surface area contributed by atoms with Crippen LogP contribution < -0.4 is 5.73 Å². The lowest BCUT2D eigenvalue weighted by Gasteiger charge is -2.02. The molecule has 2 aromatic heterocycles. The minimum Gasteiger partial charge on any atom is -0.396 e. The molecule has 3 rings (SSSR count). The van der Waals surface area contributed by atoms with Crippen LogP contribution in [0, 0.1) is 0 Å². The molecule has 0 atom stereocenters. The van der Waals surface area contributed by atoms with Gasteiger partial charge in [0, 0.05) is 22.2 Å². The molecule has 4 nitrogen and oxygen atoms in total. The van der Waals surface area contributed by atoms with E-state index >= 15 is 0 Å². The Morgan fingerprint density at radius 1 is 1.37 bits per heavy atom. The van der Waals surface area contributed by atoms with Crippen LogP contribution in [-0.4, -0.2) is 14.8 Å². The van der Waals surface area contributed by atoms with Crippen LogP contribution in [0.15, 0.2) is 46.5 Å². The van der Waals surface area contributed by atoms with Gasteiger partial charge in [0.2, 0.25) is 0 Å². The first-order valence-corrected chi connectivity index (χ1v) is 7.37. The Morgan fingerprint density at radius 2 is 2.26 bits per heavy atom. The van der Waals surface area contributed by atoms with Crippen molar-refractivity contribution in [1.29, 1.82) is 0 Å². The van der Waals surface area contributed by atoms with E-state index in [1.165, 1.54) is 16.9 Å². The van der Waals surface area contributed by atoms with E-state index in [0.717, 1.165) is 15.2 Å². The Balaban J connectivity index is 1.89. The van der Waals surface area contributed by atoms with E-state index in [9.17, 15) is 0 Å². The number of hydrogen-bond donors (Lipinski definition) is 1. The van der Waals surface area contributed by atoms with Crippen LogP contribution in [-0.2, 0) is 6.54 Å². The lowest BCUT2D eigenvalue weighted by Crippen LogP contribution is -2.00. The van der Waals surface area contributed by atoms with Gasteiger partial charge in [-0.25, -0.2) is 4.98 Å². The van der Waals surface area contributed by atoms with E-state index in [4.69, 9.17) is 5.73 Å². The molecule has 3 aromatic rings. The van der Waals surface area contributed by atoms with Crippen molar-refractivity contribution in [1.82, 2.24) is 14.8 Å². The minimum atomic E-state index is 0.657. The average Bonchev–Trinajstić information content (AvgIpc) is 2.98. The maximum absolute atomic E-state index is 5.99. The van der Waals surface area contributed by atoms with Crippen LogP contribution in [0.4, 0.5) is 5.69 Å². The first-order chi connectivity index (χ1) is 9.22. The average molecular weight is 335 g/mol. The number of nitrogens with two attached hydrogens (primary N) is 1. The Hall–Kier alpha value is -1.66. The van der Waals surface area contributed by atoms with Crippen molar-refractivity contribution in [2.45, 2.75) is 6.54 Å². The zero-order valence-electron chi connectivity index (χ0n) is 9.95. The van der Waals surface area contributed by atoms with Crippen LogP contribution in [0.3, 0.4) is 0 Å². The summed E-state index contributed by atoms with van der Waals surface area (Å²) in [6, 6.07) is 8.14. The van der Waals surface area contributed by atoms with Crippen LogP contribution in [0.5, 0.6) is 0 Å². The van der Waals surface area contributed by atoms with Crippen molar-refractivity contribution in [3.05, 3.63) is 52.1 Å². The molecule has 1 aromatic carbocycles. The molecule has 6 heteroatoms. The van der Waals surface area contributed by atoms with Crippen molar-refractivity contribution in [3.8, 4) is 10.7 Å². The van der Waals surface area contributed by atoms with Gasteiger partial charge in [0.15, 0.2) is 0 Å². The number of thiazole rings is 1. The molecule has 0 aliphatic rings. The smallest absolute Gasteiger partial charge is 0.145 e. The minimum absolute atomic E-state index is 0.657. The largest absolute Gasteiger partial charge is 0.396 e. The quantitative estimate of drug-likeness (QED) is 0.798. The SMILES string of the molecule is Nc1cn(Cc2cccc(Br)c2)nc1-c1nccs1. The highest BCUT2D eigenvalue weighted by Crippen LogP contribution is 2.26. The van der Waals surface area contributed by atoms with Gasteiger partial charge in [0.25, 0.3) is 0 Å². The van der Waals surface area contributed by atoms with Gasteiger partial charge in [0.1, 0.15) is 10.7 Å². The summed E-state index contributed by atoms with van der Waals surface area (Å²) in [5, 5.41) is 7.27. The van der Waals surface area contributed by atoms with E-state index < -0.39 is 0 Å². The topological polar surface area (TPSA) is 56.7 Å². The lowest BCUT2D eigenvalue weighted by molar-refractivity contribution is 0.689. The standard InChI is InChI=1S/C13H11BrN4S/c14-10-3-1-2-9(6-10)7-18-8-11(15)12(17-18)13-16-4-5-19-13/h1-6,8H,7,15H2. The van der Waals surface area contributed by atoms with Crippen molar-refractivity contribution >= 4 is 33.0 Å². The van der Waals surface area contributed by atoms with Crippen molar-refractivity contribution in [2.24, 2.45) is 0 Å². The number of anilines is 1. The Kier molecular flexibility index (Phi) is 3.35. The fourth-order valence-electron chi connectivity index (χ4n) is 1.85. The molecule has 0 aliphatic carbocycles. The maximum Gasteiger partial charge on any atom is 0.145 e. The highest BCUT2D eigenvalue weighted by Gasteiger charge is 2.10. The van der Waals surface area contributed by atoms with E-state index in [2.05, 4.69) is 38.1 Å². The van der Waals surface area contributed by atoms with E-state index in [0.29, 0.717) is 12.2 Å². The number of aromatic nitrogens is 3. The highest BCUT2D eigenvalue weighted by molar-refractivity contribution is 9.10. The zero-order valence-corrected chi connectivity index (χ0v) is 12.4. The van der Waals surface area contributed by atoms with Gasteiger partial charge in [-0.1, -0.05) is 28.1 Å². The van der Waals surface area contributed by atoms with Crippen molar-refractivity contribution in [2.75, 3.05) is 5.73 Å². The predicted molar refractivity (Wildman–Crippen MR) is 81.0 cm³/mol. The monoisotopic (exact) mass is 334 g/mol. The fourth-order valence-corrected chi connectivity index (χ4v) is 2.94. The van der Waals surface area contributed by atoms with Crippen LogP contribution in [0.2, 0.25) is 0 Å². The van der Waals surface area contributed by atoms with Crippen molar-refractivity contribution in [3.63, 3.8) is 0 Å². The summed E-state index contributed by atoms with van der Waals surface area (Å²) < 4.78 is 2.90. The number of hydrogen-bond acceptors (Lipinski definition) is 4. The Labute approximate surface area is 123 Å². The van der Waals surface area contributed by atoms with E-state index in [-0.39, 0.29) is 0 Å². The maximum atomic E-state index is 5.99. The summed E-state index contributed by atoms with van der Waals surface area (Å²) in [5.41, 5.74) is 8.57. The summed E-state index contributed by atoms with van der Waals surface area (Å²) in [5.74, 6) is 0. The van der Waals surface area contributed by atoms with Gasteiger partial charge < -0.3 is 5.73 Å².